The predicted molar refractivity (Wildman–Crippen MR) is 95.3 cm³/mol. The van der Waals surface area contributed by atoms with Gasteiger partial charge in [-0.3, -0.25) is 0 Å². The zero-order chi connectivity index (χ0) is 17.4. The van der Waals surface area contributed by atoms with E-state index in [-0.39, 0.29) is 11.1 Å². The molecule has 0 fully saturated rings. The smallest absolute Gasteiger partial charge is 0.346 e. The number of hydrogen-bond donors (Lipinski definition) is 0. The fourth-order valence-corrected chi connectivity index (χ4v) is 2.77. The van der Waals surface area contributed by atoms with E-state index in [9.17, 15) is 9.18 Å². The highest BCUT2D eigenvalue weighted by atomic mass is 19.1. The van der Waals surface area contributed by atoms with Crippen LogP contribution in [0.3, 0.4) is 0 Å². The zero-order valence-electron chi connectivity index (χ0n) is 14.7. The van der Waals surface area contributed by atoms with Crippen molar-refractivity contribution in [2.24, 2.45) is 0 Å². The van der Waals surface area contributed by atoms with Gasteiger partial charge in [-0.25, -0.2) is 9.18 Å². The maximum atomic E-state index is 14.6. The van der Waals surface area contributed by atoms with Crippen molar-refractivity contribution in [1.29, 1.82) is 0 Å². The molecule has 0 spiro atoms. The van der Waals surface area contributed by atoms with Crippen LogP contribution in [0.15, 0.2) is 27.4 Å². The predicted octanol–water partition coefficient (Wildman–Crippen LogP) is 5.62. The lowest BCUT2D eigenvalue weighted by Gasteiger charge is -2.09. The summed E-state index contributed by atoms with van der Waals surface area (Å²) in [5.74, 6) is 0.135. The van der Waals surface area contributed by atoms with Crippen LogP contribution < -0.4 is 10.4 Å². The van der Waals surface area contributed by atoms with Gasteiger partial charge < -0.3 is 9.15 Å². The van der Waals surface area contributed by atoms with Crippen molar-refractivity contribution in [3.63, 3.8) is 0 Å². The summed E-state index contributed by atoms with van der Waals surface area (Å²) in [4.78, 5) is 12.2. The van der Waals surface area contributed by atoms with Gasteiger partial charge in [-0.2, -0.15) is 0 Å². The van der Waals surface area contributed by atoms with Crippen molar-refractivity contribution in [2.45, 2.75) is 65.2 Å². The number of hydrogen-bond acceptors (Lipinski definition) is 3. The first kappa shape index (κ1) is 18.5. The Balaban J connectivity index is 2.14. The van der Waals surface area contributed by atoms with Crippen LogP contribution in [0.2, 0.25) is 0 Å². The van der Waals surface area contributed by atoms with E-state index < -0.39 is 11.4 Å². The molecule has 0 radical (unpaired) electrons. The fraction of sp³-hybridized carbons (Fsp3) is 0.550. The molecule has 1 aromatic heterocycles. The van der Waals surface area contributed by atoms with Gasteiger partial charge in [0.2, 0.25) is 0 Å². The third kappa shape index (κ3) is 4.83. The first-order valence-electron chi connectivity index (χ1n) is 9.05. The lowest BCUT2D eigenvalue weighted by Crippen LogP contribution is -2.07. The minimum Gasteiger partial charge on any atom is -0.490 e. The second kappa shape index (κ2) is 9.45. The SMILES string of the molecule is CCCCCCOc1ccc2cc(CCCCC)oc(=O)c2c1F. The summed E-state index contributed by atoms with van der Waals surface area (Å²) in [6.45, 7) is 4.72. The summed E-state index contributed by atoms with van der Waals surface area (Å²) < 4.78 is 25.3. The lowest BCUT2D eigenvalue weighted by atomic mass is 10.1. The van der Waals surface area contributed by atoms with E-state index in [0.29, 0.717) is 24.2 Å². The van der Waals surface area contributed by atoms with E-state index in [4.69, 9.17) is 9.15 Å². The van der Waals surface area contributed by atoms with Crippen molar-refractivity contribution >= 4 is 10.8 Å². The van der Waals surface area contributed by atoms with E-state index in [0.717, 1.165) is 44.9 Å². The molecule has 0 N–H and O–H groups in total. The average molecular weight is 334 g/mol. The van der Waals surface area contributed by atoms with Crippen molar-refractivity contribution < 1.29 is 13.5 Å². The highest BCUT2D eigenvalue weighted by molar-refractivity contribution is 5.83. The second-order valence-electron chi connectivity index (χ2n) is 6.21. The summed E-state index contributed by atoms with van der Waals surface area (Å²) >= 11 is 0. The number of ether oxygens (including phenoxy) is 1. The van der Waals surface area contributed by atoms with Crippen molar-refractivity contribution in [1.82, 2.24) is 0 Å². The number of halogens is 1. The molecule has 3 nitrogen and oxygen atoms in total. The van der Waals surface area contributed by atoms with Crippen LogP contribution in [0.1, 0.15) is 64.6 Å². The quantitative estimate of drug-likeness (QED) is 0.529. The largest absolute Gasteiger partial charge is 0.490 e. The van der Waals surface area contributed by atoms with Crippen LogP contribution >= 0.6 is 0 Å². The Hall–Kier alpha value is -1.84. The van der Waals surface area contributed by atoms with Gasteiger partial charge in [0.05, 0.1) is 6.61 Å². The van der Waals surface area contributed by atoms with Crippen molar-refractivity contribution in [2.75, 3.05) is 6.61 Å². The highest BCUT2D eigenvalue weighted by Gasteiger charge is 2.14. The van der Waals surface area contributed by atoms with E-state index in [2.05, 4.69) is 13.8 Å². The third-order valence-corrected chi connectivity index (χ3v) is 4.17. The summed E-state index contributed by atoms with van der Waals surface area (Å²) in [5, 5.41) is 0.564. The van der Waals surface area contributed by atoms with Gasteiger partial charge in [0.1, 0.15) is 11.1 Å². The average Bonchev–Trinajstić information content (AvgIpc) is 2.56. The molecular weight excluding hydrogens is 307 g/mol. The number of fused-ring (bicyclic) bond motifs is 1. The normalized spacial score (nSPS) is 11.1. The number of benzene rings is 1. The van der Waals surface area contributed by atoms with Crippen molar-refractivity contribution in [3.8, 4) is 5.75 Å². The summed E-state index contributed by atoms with van der Waals surface area (Å²) in [6.07, 6.45) is 8.10. The van der Waals surface area contributed by atoms with Crippen LogP contribution in [0, 0.1) is 5.82 Å². The molecule has 1 aromatic carbocycles. The molecule has 0 aliphatic carbocycles. The van der Waals surface area contributed by atoms with Gasteiger partial charge in [-0.1, -0.05) is 52.0 Å². The molecule has 0 amide bonds. The number of unbranched alkanes of at least 4 members (excludes halogenated alkanes) is 5. The maximum absolute atomic E-state index is 14.6. The van der Waals surface area contributed by atoms with Crippen LogP contribution in [-0.4, -0.2) is 6.61 Å². The van der Waals surface area contributed by atoms with Gasteiger partial charge in [0.25, 0.3) is 0 Å². The minimum absolute atomic E-state index is 0.0136. The lowest BCUT2D eigenvalue weighted by molar-refractivity contribution is 0.291. The minimum atomic E-state index is -0.618. The topological polar surface area (TPSA) is 39.4 Å². The molecule has 0 saturated carbocycles. The molecule has 24 heavy (non-hydrogen) atoms. The van der Waals surface area contributed by atoms with Crippen LogP contribution in [0.25, 0.3) is 10.8 Å². The Morgan fingerprint density at radius 2 is 1.79 bits per heavy atom. The molecule has 0 unspecified atom stereocenters. The summed E-state index contributed by atoms with van der Waals surface area (Å²) in [7, 11) is 0. The molecule has 2 rings (SSSR count). The summed E-state index contributed by atoms with van der Waals surface area (Å²) in [6, 6.07) is 5.10. The standard InChI is InChI=1S/C20H27FO3/c1-3-5-7-9-13-23-17-12-11-15-14-16(10-8-6-4-2)24-20(22)18(15)19(17)21/h11-12,14H,3-10,13H2,1-2H3. The number of aryl methyl sites for hydroxylation is 1. The van der Waals surface area contributed by atoms with E-state index in [1.807, 2.05) is 0 Å². The zero-order valence-corrected chi connectivity index (χ0v) is 14.7. The molecule has 132 valence electrons. The monoisotopic (exact) mass is 334 g/mol. The van der Waals surface area contributed by atoms with E-state index in [1.54, 1.807) is 18.2 Å². The highest BCUT2D eigenvalue weighted by Crippen LogP contribution is 2.25. The van der Waals surface area contributed by atoms with Gasteiger partial charge in [-0.15, -0.1) is 0 Å². The van der Waals surface area contributed by atoms with Crippen LogP contribution in [0.4, 0.5) is 4.39 Å². The van der Waals surface area contributed by atoms with E-state index >= 15 is 0 Å². The molecule has 2 aromatic rings. The second-order valence-corrected chi connectivity index (χ2v) is 6.21. The Morgan fingerprint density at radius 3 is 2.54 bits per heavy atom. The molecule has 0 aliphatic heterocycles. The third-order valence-electron chi connectivity index (χ3n) is 4.17. The molecular formula is C20H27FO3. The molecule has 0 atom stereocenters. The summed E-state index contributed by atoms with van der Waals surface area (Å²) in [5.41, 5.74) is -0.618. The van der Waals surface area contributed by atoms with Gasteiger partial charge in [0, 0.05) is 6.42 Å². The first-order chi connectivity index (χ1) is 11.7. The first-order valence-corrected chi connectivity index (χ1v) is 9.05. The molecule has 0 aliphatic rings. The van der Waals surface area contributed by atoms with Gasteiger partial charge in [0.15, 0.2) is 11.6 Å². The molecule has 4 heteroatoms. The van der Waals surface area contributed by atoms with Crippen LogP contribution in [-0.2, 0) is 6.42 Å². The maximum Gasteiger partial charge on any atom is 0.346 e. The molecule has 1 heterocycles. The van der Waals surface area contributed by atoms with Gasteiger partial charge in [-0.05, 0) is 30.4 Å². The van der Waals surface area contributed by atoms with E-state index in [1.165, 1.54) is 0 Å². The Labute approximate surface area is 142 Å². The molecule has 0 bridgehead atoms. The Bertz CT molecular complexity index is 706. The fourth-order valence-electron chi connectivity index (χ4n) is 2.77. The van der Waals surface area contributed by atoms with Crippen molar-refractivity contribution in [3.05, 3.63) is 40.2 Å². The molecule has 0 saturated heterocycles. The Kier molecular flexibility index (Phi) is 7.29. The Morgan fingerprint density at radius 1 is 1.04 bits per heavy atom. The number of rotatable bonds is 10. The van der Waals surface area contributed by atoms with Crippen LogP contribution in [0.5, 0.6) is 5.75 Å². The van der Waals surface area contributed by atoms with Gasteiger partial charge >= 0.3 is 5.63 Å².